The molecule has 0 aromatic carbocycles. The molecule has 0 radical (unpaired) electrons. The predicted octanol–water partition coefficient (Wildman–Crippen LogP) is 5.28. The molecule has 2 heteroatoms. The van der Waals surface area contributed by atoms with Gasteiger partial charge in [-0.15, -0.1) is 0 Å². The predicted molar refractivity (Wildman–Crippen MR) is 100 cm³/mol. The maximum absolute atomic E-state index is 12.6. The zero-order valence-corrected chi connectivity index (χ0v) is 16.2. The highest BCUT2D eigenvalue weighted by Gasteiger charge is 2.61. The first-order chi connectivity index (χ1) is 11.9. The zero-order valence-electron chi connectivity index (χ0n) is 16.2. The first-order valence-electron chi connectivity index (χ1n) is 10.3. The van der Waals surface area contributed by atoms with Crippen LogP contribution in [0.2, 0.25) is 0 Å². The summed E-state index contributed by atoms with van der Waals surface area (Å²) in [6.45, 7) is 9.06. The minimum absolute atomic E-state index is 0.0796. The molecule has 6 atom stereocenters. The van der Waals surface area contributed by atoms with Crippen molar-refractivity contribution in [3.8, 4) is 0 Å². The number of carbonyl (C=O) groups is 2. The monoisotopic (exact) mass is 340 g/mol. The summed E-state index contributed by atoms with van der Waals surface area (Å²) >= 11 is 0. The van der Waals surface area contributed by atoms with Crippen LogP contribution in [0, 0.1) is 34.5 Å². The van der Waals surface area contributed by atoms with Crippen molar-refractivity contribution in [3.05, 3.63) is 23.3 Å². The van der Waals surface area contributed by atoms with Gasteiger partial charge >= 0.3 is 0 Å². The van der Waals surface area contributed by atoms with Crippen LogP contribution in [0.15, 0.2) is 23.3 Å². The number of allylic oxidation sites excluding steroid dienone is 3. The summed E-state index contributed by atoms with van der Waals surface area (Å²) in [5.41, 5.74) is 2.76. The Morgan fingerprint density at radius 2 is 1.92 bits per heavy atom. The van der Waals surface area contributed by atoms with Crippen LogP contribution in [0.1, 0.15) is 72.6 Å². The first kappa shape index (κ1) is 17.2. The molecule has 2 nitrogen and oxygen atoms in total. The van der Waals surface area contributed by atoms with Crippen molar-refractivity contribution in [2.45, 2.75) is 72.6 Å². The van der Waals surface area contributed by atoms with E-state index in [9.17, 15) is 9.59 Å². The Morgan fingerprint density at radius 1 is 1.16 bits per heavy atom. The summed E-state index contributed by atoms with van der Waals surface area (Å²) in [7, 11) is 0. The lowest BCUT2D eigenvalue weighted by Crippen LogP contribution is -2.54. The summed E-state index contributed by atoms with van der Waals surface area (Å²) in [6, 6.07) is 0. The van der Waals surface area contributed by atoms with Crippen molar-refractivity contribution in [3.63, 3.8) is 0 Å². The number of carbonyl (C=O) groups excluding carboxylic acids is 2. The molecule has 0 N–H and O–H groups in total. The number of rotatable bonds is 1. The maximum atomic E-state index is 12.6. The molecule has 25 heavy (non-hydrogen) atoms. The summed E-state index contributed by atoms with van der Waals surface area (Å²) in [6.07, 6.45) is 11.1. The normalized spacial score (nSPS) is 48.0. The Morgan fingerprint density at radius 3 is 2.60 bits per heavy atom. The second-order valence-electron chi connectivity index (χ2n) is 9.43. The average Bonchev–Trinajstić information content (AvgIpc) is 2.90. The molecule has 136 valence electrons. The molecule has 0 saturated heterocycles. The van der Waals surface area contributed by atoms with Crippen LogP contribution in [0.4, 0.5) is 0 Å². The molecule has 3 fully saturated rings. The minimum Gasteiger partial charge on any atom is -0.299 e. The summed E-state index contributed by atoms with van der Waals surface area (Å²) in [5.74, 6) is 3.06. The van der Waals surface area contributed by atoms with Gasteiger partial charge in [-0.05, 0) is 78.9 Å². The van der Waals surface area contributed by atoms with E-state index in [-0.39, 0.29) is 10.8 Å². The fourth-order valence-electron chi connectivity index (χ4n) is 7.28. The molecule has 0 spiro atoms. The van der Waals surface area contributed by atoms with E-state index in [2.05, 4.69) is 33.8 Å². The van der Waals surface area contributed by atoms with Crippen LogP contribution in [0.3, 0.4) is 0 Å². The van der Waals surface area contributed by atoms with E-state index in [4.69, 9.17) is 0 Å². The highest BCUT2D eigenvalue weighted by molar-refractivity contribution is 5.93. The van der Waals surface area contributed by atoms with Crippen molar-refractivity contribution < 1.29 is 9.59 Å². The molecule has 4 rings (SSSR count). The standard InChI is InChI=1S/C23H32O2/c1-5-14-11-17-18-7-8-21(25)22(18,3)10-9-19(17)23(4)15(6-2)12-16(24)13-20(14)23/h5,13,15,17-19H,6-12H2,1-4H3/t15?,17-,18-,19+,22-,23+/m0/s1. The lowest BCUT2D eigenvalue weighted by atomic mass is 9.44. The summed E-state index contributed by atoms with van der Waals surface area (Å²) in [5, 5.41) is 0. The van der Waals surface area contributed by atoms with Crippen molar-refractivity contribution in [1.29, 1.82) is 0 Å². The van der Waals surface area contributed by atoms with Gasteiger partial charge in [-0.25, -0.2) is 0 Å². The number of Topliss-reactive ketones (excluding diaryl/α,β-unsaturated/α-hetero) is 1. The van der Waals surface area contributed by atoms with Gasteiger partial charge < -0.3 is 0 Å². The Kier molecular flexibility index (Phi) is 3.90. The van der Waals surface area contributed by atoms with Gasteiger partial charge in [0.15, 0.2) is 5.78 Å². The SMILES string of the molecule is CC=C1C[C@@H]2[C@@H](CC[C@]3(C)C(=O)CC[C@@H]23)[C@]2(C)C1=CC(=O)CC2CC. The third kappa shape index (κ3) is 2.15. The van der Waals surface area contributed by atoms with Crippen LogP contribution >= 0.6 is 0 Å². The van der Waals surface area contributed by atoms with Crippen LogP contribution in [0.5, 0.6) is 0 Å². The molecule has 3 saturated carbocycles. The van der Waals surface area contributed by atoms with Crippen LogP contribution in [-0.4, -0.2) is 11.6 Å². The molecular formula is C23H32O2. The van der Waals surface area contributed by atoms with E-state index in [0.29, 0.717) is 41.7 Å². The maximum Gasteiger partial charge on any atom is 0.156 e. The largest absolute Gasteiger partial charge is 0.299 e. The molecule has 1 unspecified atom stereocenters. The van der Waals surface area contributed by atoms with E-state index in [1.165, 1.54) is 11.1 Å². The molecule has 0 heterocycles. The molecular weight excluding hydrogens is 308 g/mol. The van der Waals surface area contributed by atoms with Crippen molar-refractivity contribution in [2.24, 2.45) is 34.5 Å². The zero-order chi connectivity index (χ0) is 18.0. The Hall–Kier alpha value is -1.18. The lowest BCUT2D eigenvalue weighted by Gasteiger charge is -2.59. The fraction of sp³-hybridized carbons (Fsp3) is 0.739. The Labute approximate surface area is 152 Å². The molecule has 0 aromatic rings. The van der Waals surface area contributed by atoms with Crippen LogP contribution in [0.25, 0.3) is 0 Å². The molecule has 0 aliphatic heterocycles. The third-order valence-electron chi connectivity index (χ3n) is 8.74. The lowest BCUT2D eigenvalue weighted by molar-refractivity contribution is -0.133. The van der Waals surface area contributed by atoms with E-state index >= 15 is 0 Å². The van der Waals surface area contributed by atoms with Gasteiger partial charge in [-0.1, -0.05) is 33.3 Å². The van der Waals surface area contributed by atoms with E-state index in [1.807, 2.05) is 6.08 Å². The highest BCUT2D eigenvalue weighted by Crippen LogP contribution is 2.66. The van der Waals surface area contributed by atoms with Gasteiger partial charge in [-0.2, -0.15) is 0 Å². The first-order valence-corrected chi connectivity index (χ1v) is 10.3. The second-order valence-corrected chi connectivity index (χ2v) is 9.43. The summed E-state index contributed by atoms with van der Waals surface area (Å²) < 4.78 is 0. The number of hydrogen-bond donors (Lipinski definition) is 0. The Bertz CT molecular complexity index is 684. The molecule has 4 aliphatic rings. The average molecular weight is 341 g/mol. The number of hydrogen-bond acceptors (Lipinski definition) is 2. The van der Waals surface area contributed by atoms with Crippen molar-refractivity contribution in [1.82, 2.24) is 0 Å². The van der Waals surface area contributed by atoms with Crippen LogP contribution in [-0.2, 0) is 9.59 Å². The third-order valence-corrected chi connectivity index (χ3v) is 8.74. The van der Waals surface area contributed by atoms with Gasteiger partial charge in [0.2, 0.25) is 0 Å². The van der Waals surface area contributed by atoms with Gasteiger partial charge in [0.25, 0.3) is 0 Å². The van der Waals surface area contributed by atoms with Crippen molar-refractivity contribution >= 4 is 11.6 Å². The Balaban J connectivity index is 1.83. The van der Waals surface area contributed by atoms with E-state index in [1.54, 1.807) is 0 Å². The topological polar surface area (TPSA) is 34.1 Å². The highest BCUT2D eigenvalue weighted by atomic mass is 16.1. The van der Waals surface area contributed by atoms with Crippen LogP contribution < -0.4 is 0 Å². The van der Waals surface area contributed by atoms with Gasteiger partial charge in [-0.3, -0.25) is 9.59 Å². The molecule has 0 amide bonds. The second kappa shape index (κ2) is 5.66. The van der Waals surface area contributed by atoms with Gasteiger partial charge in [0.1, 0.15) is 5.78 Å². The quantitative estimate of drug-likeness (QED) is 0.651. The van der Waals surface area contributed by atoms with E-state index < -0.39 is 0 Å². The fourth-order valence-corrected chi connectivity index (χ4v) is 7.28. The van der Waals surface area contributed by atoms with Crippen molar-refractivity contribution in [2.75, 3.05) is 0 Å². The smallest absolute Gasteiger partial charge is 0.156 e. The molecule has 4 aliphatic carbocycles. The number of fused-ring (bicyclic) bond motifs is 5. The van der Waals surface area contributed by atoms with E-state index in [0.717, 1.165) is 38.5 Å². The molecule has 0 bridgehead atoms. The number of ketones is 2. The van der Waals surface area contributed by atoms with Gasteiger partial charge in [0.05, 0.1) is 0 Å². The molecule has 0 aromatic heterocycles. The van der Waals surface area contributed by atoms with Gasteiger partial charge in [0, 0.05) is 18.3 Å². The minimum atomic E-state index is -0.0796. The summed E-state index contributed by atoms with van der Waals surface area (Å²) in [4.78, 5) is 25.0.